The second-order valence-electron chi connectivity index (χ2n) is 9.77. The van der Waals surface area contributed by atoms with Crippen molar-refractivity contribution in [2.75, 3.05) is 26.2 Å². The Balaban J connectivity index is 1.39. The number of nitrogens with one attached hydrogen (secondary N) is 1. The van der Waals surface area contributed by atoms with E-state index < -0.39 is 5.54 Å². The van der Waals surface area contributed by atoms with Crippen molar-refractivity contribution >= 4 is 23.8 Å². The average molecular weight is 431 g/mol. The Labute approximate surface area is 184 Å². The number of amides is 5. The van der Waals surface area contributed by atoms with Crippen LogP contribution in [-0.2, 0) is 14.4 Å². The molecule has 2 atom stereocenters. The zero-order chi connectivity index (χ0) is 22.2. The van der Waals surface area contributed by atoms with Gasteiger partial charge in [-0.1, -0.05) is 26.0 Å². The minimum Gasteiger partial charge on any atom is -0.342 e. The molecule has 0 radical (unpaired) electrons. The molecule has 0 aromatic heterocycles. The van der Waals surface area contributed by atoms with Gasteiger partial charge in [0.15, 0.2) is 0 Å². The number of hydrogen-bond acceptors (Lipinski definition) is 4. The molecule has 0 bridgehead atoms. The van der Waals surface area contributed by atoms with Crippen LogP contribution >= 0.6 is 0 Å². The van der Waals surface area contributed by atoms with E-state index in [0.29, 0.717) is 51.4 Å². The van der Waals surface area contributed by atoms with E-state index in [1.54, 1.807) is 4.90 Å². The van der Waals surface area contributed by atoms with Gasteiger partial charge in [0.25, 0.3) is 5.91 Å². The Kier molecular flexibility index (Phi) is 6.08. The van der Waals surface area contributed by atoms with Gasteiger partial charge in [0.1, 0.15) is 5.54 Å². The summed E-state index contributed by atoms with van der Waals surface area (Å²) in [6.07, 6.45) is 9.21. The first-order valence-electron chi connectivity index (χ1n) is 11.7. The van der Waals surface area contributed by atoms with Gasteiger partial charge in [-0.3, -0.25) is 19.3 Å². The second kappa shape index (κ2) is 8.63. The molecule has 3 saturated heterocycles. The summed E-state index contributed by atoms with van der Waals surface area (Å²) < 4.78 is 0. The Hall–Kier alpha value is -2.38. The van der Waals surface area contributed by atoms with Gasteiger partial charge in [-0.25, -0.2) is 4.79 Å². The zero-order valence-electron chi connectivity index (χ0n) is 18.6. The van der Waals surface area contributed by atoms with Crippen molar-refractivity contribution < 1.29 is 19.2 Å². The van der Waals surface area contributed by atoms with E-state index in [-0.39, 0.29) is 35.7 Å². The zero-order valence-corrected chi connectivity index (χ0v) is 18.6. The van der Waals surface area contributed by atoms with Crippen LogP contribution in [0.25, 0.3) is 0 Å². The van der Waals surface area contributed by atoms with Gasteiger partial charge in [-0.2, -0.15) is 0 Å². The molecule has 0 unspecified atom stereocenters. The molecule has 1 aliphatic carbocycles. The highest BCUT2D eigenvalue weighted by molar-refractivity contribution is 6.07. The SMILES string of the molecule is CC(C)C(=O)N1CCC2(CC1)NC(=O)N([C@@H]1CCCN(C(=O)C[C@@H]3C=CCC3)C1)C2=O. The summed E-state index contributed by atoms with van der Waals surface area (Å²) >= 11 is 0. The summed E-state index contributed by atoms with van der Waals surface area (Å²) in [4.78, 5) is 56.3. The molecule has 8 nitrogen and oxygen atoms in total. The third-order valence-corrected chi connectivity index (χ3v) is 7.28. The third kappa shape index (κ3) is 4.21. The van der Waals surface area contributed by atoms with E-state index in [4.69, 9.17) is 0 Å². The lowest BCUT2D eigenvalue weighted by molar-refractivity contribution is -0.142. The number of likely N-dealkylation sites (tertiary alicyclic amines) is 2. The number of carbonyl (C=O) groups is 4. The molecule has 1 N–H and O–H groups in total. The lowest BCUT2D eigenvalue weighted by Gasteiger charge is -2.39. The Morgan fingerprint density at radius 3 is 2.52 bits per heavy atom. The number of imide groups is 1. The first-order chi connectivity index (χ1) is 14.8. The van der Waals surface area contributed by atoms with Crippen LogP contribution in [0, 0.1) is 11.8 Å². The minimum absolute atomic E-state index is 0.0788. The quantitative estimate of drug-likeness (QED) is 0.545. The fourth-order valence-electron chi connectivity index (χ4n) is 5.40. The van der Waals surface area contributed by atoms with E-state index in [2.05, 4.69) is 17.5 Å². The molecule has 4 rings (SSSR count). The molecule has 3 fully saturated rings. The first-order valence-corrected chi connectivity index (χ1v) is 11.7. The van der Waals surface area contributed by atoms with Gasteiger partial charge >= 0.3 is 6.03 Å². The fourth-order valence-corrected chi connectivity index (χ4v) is 5.40. The average Bonchev–Trinajstić information content (AvgIpc) is 3.34. The molecular formula is C23H34N4O4. The second-order valence-corrected chi connectivity index (χ2v) is 9.77. The number of urea groups is 1. The molecule has 170 valence electrons. The molecule has 0 saturated carbocycles. The van der Waals surface area contributed by atoms with Crippen LogP contribution in [0.4, 0.5) is 4.79 Å². The largest absolute Gasteiger partial charge is 0.342 e. The van der Waals surface area contributed by atoms with E-state index >= 15 is 0 Å². The Morgan fingerprint density at radius 1 is 1.13 bits per heavy atom. The van der Waals surface area contributed by atoms with Gasteiger partial charge in [0.05, 0.1) is 6.04 Å². The van der Waals surface area contributed by atoms with Crippen molar-refractivity contribution in [3.8, 4) is 0 Å². The third-order valence-electron chi connectivity index (χ3n) is 7.28. The molecular weight excluding hydrogens is 396 g/mol. The summed E-state index contributed by atoms with van der Waals surface area (Å²) in [5, 5.41) is 2.94. The monoisotopic (exact) mass is 430 g/mol. The van der Waals surface area contributed by atoms with Crippen molar-refractivity contribution in [1.29, 1.82) is 0 Å². The van der Waals surface area contributed by atoms with Crippen LogP contribution in [-0.4, -0.2) is 76.2 Å². The standard InChI is InChI=1S/C23H34N4O4/c1-16(2)20(29)25-12-9-23(10-13-25)21(30)27(22(31)24-23)18-8-5-11-26(15-18)19(28)14-17-6-3-4-7-17/h3,6,16-18H,4-5,7-15H2,1-2H3,(H,24,31)/t17-,18-/m1/s1. The molecule has 3 aliphatic heterocycles. The van der Waals surface area contributed by atoms with Gasteiger partial charge in [-0.15, -0.1) is 0 Å². The predicted molar refractivity (Wildman–Crippen MR) is 115 cm³/mol. The van der Waals surface area contributed by atoms with Gasteiger partial charge < -0.3 is 15.1 Å². The van der Waals surface area contributed by atoms with Crippen molar-refractivity contribution in [2.45, 2.75) is 70.4 Å². The van der Waals surface area contributed by atoms with Crippen LogP contribution < -0.4 is 5.32 Å². The highest BCUT2D eigenvalue weighted by atomic mass is 16.2. The van der Waals surface area contributed by atoms with Crippen molar-refractivity contribution in [3.05, 3.63) is 12.2 Å². The molecule has 0 aromatic rings. The van der Waals surface area contributed by atoms with Crippen LogP contribution in [0.5, 0.6) is 0 Å². The van der Waals surface area contributed by atoms with Crippen LogP contribution in [0.15, 0.2) is 12.2 Å². The summed E-state index contributed by atoms with van der Waals surface area (Å²) in [6.45, 7) is 5.80. The lowest BCUT2D eigenvalue weighted by Crippen LogP contribution is -2.57. The maximum Gasteiger partial charge on any atom is 0.325 e. The van der Waals surface area contributed by atoms with Crippen LogP contribution in [0.1, 0.15) is 58.8 Å². The molecule has 1 spiro atoms. The maximum absolute atomic E-state index is 13.4. The number of carbonyl (C=O) groups excluding carboxylic acids is 4. The Bertz CT molecular complexity index is 784. The minimum atomic E-state index is -0.911. The van der Waals surface area contributed by atoms with Crippen molar-refractivity contribution in [1.82, 2.24) is 20.0 Å². The number of rotatable bonds is 4. The highest BCUT2D eigenvalue weighted by Crippen LogP contribution is 2.33. The Morgan fingerprint density at radius 2 is 1.87 bits per heavy atom. The van der Waals surface area contributed by atoms with Crippen LogP contribution in [0.3, 0.4) is 0 Å². The molecule has 8 heteroatoms. The first kappa shape index (κ1) is 21.8. The molecule has 3 heterocycles. The molecule has 5 amide bonds. The number of nitrogens with zero attached hydrogens (tertiary/aromatic N) is 3. The van der Waals surface area contributed by atoms with Gasteiger partial charge in [0.2, 0.25) is 11.8 Å². The van der Waals surface area contributed by atoms with Crippen LogP contribution in [0.2, 0.25) is 0 Å². The molecule has 4 aliphatic rings. The summed E-state index contributed by atoms with van der Waals surface area (Å²) in [5.74, 6) is 0.245. The normalized spacial score (nSPS) is 28.0. The van der Waals surface area contributed by atoms with Crippen molar-refractivity contribution in [3.63, 3.8) is 0 Å². The highest BCUT2D eigenvalue weighted by Gasteiger charge is 2.55. The van der Waals surface area contributed by atoms with E-state index in [0.717, 1.165) is 25.7 Å². The number of piperidine rings is 2. The van der Waals surface area contributed by atoms with Gasteiger partial charge in [0, 0.05) is 38.5 Å². The maximum atomic E-state index is 13.4. The van der Waals surface area contributed by atoms with Crippen molar-refractivity contribution in [2.24, 2.45) is 11.8 Å². The van der Waals surface area contributed by atoms with E-state index in [1.165, 1.54) is 4.90 Å². The smallest absolute Gasteiger partial charge is 0.325 e. The van der Waals surface area contributed by atoms with E-state index in [9.17, 15) is 19.2 Å². The molecule has 0 aromatic carbocycles. The lowest BCUT2D eigenvalue weighted by atomic mass is 9.86. The summed E-state index contributed by atoms with van der Waals surface area (Å²) in [7, 11) is 0. The fraction of sp³-hybridized carbons (Fsp3) is 0.739. The summed E-state index contributed by atoms with van der Waals surface area (Å²) in [5.41, 5.74) is -0.911. The number of hydrogen-bond donors (Lipinski definition) is 1. The topological polar surface area (TPSA) is 90.0 Å². The molecule has 31 heavy (non-hydrogen) atoms. The van der Waals surface area contributed by atoms with E-state index in [1.807, 2.05) is 18.7 Å². The summed E-state index contributed by atoms with van der Waals surface area (Å²) in [6, 6.07) is -0.634. The predicted octanol–water partition coefficient (Wildman–Crippen LogP) is 1.90. The number of allylic oxidation sites excluding steroid dienone is 2. The van der Waals surface area contributed by atoms with Gasteiger partial charge in [-0.05, 0) is 44.4 Å².